The predicted octanol–water partition coefficient (Wildman–Crippen LogP) is 4.65. The first-order valence-electron chi connectivity index (χ1n) is 12.5. The van der Waals surface area contributed by atoms with Crippen LogP contribution in [0.1, 0.15) is 61.3 Å². The van der Waals surface area contributed by atoms with Crippen LogP contribution in [0.4, 0.5) is 17.2 Å². The number of para-hydroxylation sites is 1. The van der Waals surface area contributed by atoms with Gasteiger partial charge in [0.15, 0.2) is 0 Å². The number of carbonyl (C=O) groups is 2. The number of hydrogen-bond donors (Lipinski definition) is 3. The normalized spacial score (nSPS) is 19.8. The summed E-state index contributed by atoms with van der Waals surface area (Å²) in [6.07, 6.45) is 13.5. The van der Waals surface area contributed by atoms with Crippen molar-refractivity contribution in [2.24, 2.45) is 17.1 Å². The van der Waals surface area contributed by atoms with Crippen LogP contribution >= 0.6 is 0 Å². The minimum Gasteiger partial charge on any atom is -0.494 e. The van der Waals surface area contributed by atoms with Gasteiger partial charge in [-0.25, -0.2) is 4.98 Å². The second-order valence-corrected chi connectivity index (χ2v) is 10.4. The third-order valence-corrected chi connectivity index (χ3v) is 7.78. The van der Waals surface area contributed by atoms with Crippen LogP contribution in [0.5, 0.6) is 5.75 Å². The van der Waals surface area contributed by atoms with Crippen molar-refractivity contribution in [3.8, 4) is 16.9 Å². The van der Waals surface area contributed by atoms with Crippen LogP contribution in [0.3, 0.4) is 0 Å². The summed E-state index contributed by atoms with van der Waals surface area (Å²) < 4.78 is 7.92. The fraction of sp³-hybridized carbons (Fsp3) is 0.407. The Labute approximate surface area is 209 Å². The number of hydrogen-bond acceptors (Lipinski definition) is 6. The molecule has 0 radical (unpaired) electrons. The number of ether oxygens (including phenoxy) is 1. The van der Waals surface area contributed by atoms with Gasteiger partial charge < -0.3 is 21.1 Å². The number of primary amides is 1. The van der Waals surface area contributed by atoms with Gasteiger partial charge in [-0.3, -0.25) is 14.3 Å². The Morgan fingerprint density at radius 3 is 2.67 bits per heavy atom. The predicted molar refractivity (Wildman–Crippen MR) is 136 cm³/mol. The van der Waals surface area contributed by atoms with E-state index in [1.165, 1.54) is 38.3 Å². The molecule has 4 N–H and O–H groups in total. The average molecular weight is 487 g/mol. The van der Waals surface area contributed by atoms with Crippen LogP contribution in [0.15, 0.2) is 42.9 Å². The fourth-order valence-corrected chi connectivity index (χ4v) is 5.34. The van der Waals surface area contributed by atoms with Gasteiger partial charge in [0, 0.05) is 35.5 Å². The number of amides is 2. The van der Waals surface area contributed by atoms with Crippen molar-refractivity contribution in [3.63, 3.8) is 0 Å². The molecular weight excluding hydrogens is 456 g/mol. The van der Waals surface area contributed by atoms with Crippen molar-refractivity contribution >= 4 is 29.0 Å². The number of methoxy groups -OCH3 is 1. The standard InChI is InChI=1S/C27H30N6O3/c1-36-24-19(17-13-30-33(15-17)18-7-8-27(12-18)9-10-27)3-2-4-21(24)31-22-11-23(29-14-20(22)25(28)34)32-26(35)16-5-6-16/h2-4,11,13-16,18H,5-10,12H2,1H3,(H2,28,34)(H2,29,31,32,35)/t18-/m1/s1. The van der Waals surface area contributed by atoms with Crippen molar-refractivity contribution in [2.75, 3.05) is 17.7 Å². The molecule has 3 aliphatic carbocycles. The SMILES string of the molecule is COc1c(Nc2cc(NC(=O)C3CC3)ncc2C(N)=O)cccc1-c1cnn([C@@H]2CCC3(CC3)C2)c1. The molecule has 0 bridgehead atoms. The Kier molecular flexibility index (Phi) is 5.43. The lowest BCUT2D eigenvalue weighted by molar-refractivity contribution is -0.117. The molecule has 9 nitrogen and oxygen atoms in total. The molecule has 6 rings (SSSR count). The summed E-state index contributed by atoms with van der Waals surface area (Å²) in [7, 11) is 1.62. The zero-order valence-electron chi connectivity index (χ0n) is 20.3. The molecule has 0 unspecified atom stereocenters. The maximum absolute atomic E-state index is 12.2. The van der Waals surface area contributed by atoms with Crippen molar-refractivity contribution in [1.82, 2.24) is 14.8 Å². The highest BCUT2D eigenvalue weighted by molar-refractivity contribution is 6.01. The molecule has 3 saturated carbocycles. The number of carbonyl (C=O) groups excluding carboxylic acids is 2. The van der Waals surface area contributed by atoms with Crippen molar-refractivity contribution in [1.29, 1.82) is 0 Å². The zero-order valence-corrected chi connectivity index (χ0v) is 20.3. The Morgan fingerprint density at radius 2 is 1.97 bits per heavy atom. The summed E-state index contributed by atoms with van der Waals surface area (Å²) >= 11 is 0. The van der Waals surface area contributed by atoms with Gasteiger partial charge in [0.05, 0.1) is 36.3 Å². The lowest BCUT2D eigenvalue weighted by Crippen LogP contribution is -2.17. The van der Waals surface area contributed by atoms with Gasteiger partial charge in [0.25, 0.3) is 5.91 Å². The molecule has 1 aromatic carbocycles. The molecule has 0 aliphatic heterocycles. The number of nitrogens with two attached hydrogens (primary N) is 1. The molecule has 2 aromatic heterocycles. The summed E-state index contributed by atoms with van der Waals surface area (Å²) in [5, 5.41) is 10.8. The van der Waals surface area contributed by atoms with Gasteiger partial charge in [-0.2, -0.15) is 5.10 Å². The maximum Gasteiger partial charge on any atom is 0.252 e. The van der Waals surface area contributed by atoms with E-state index < -0.39 is 5.91 Å². The van der Waals surface area contributed by atoms with Crippen molar-refractivity contribution in [3.05, 3.63) is 48.4 Å². The first kappa shape index (κ1) is 22.6. The molecule has 3 fully saturated rings. The maximum atomic E-state index is 12.2. The highest BCUT2D eigenvalue weighted by atomic mass is 16.5. The molecule has 36 heavy (non-hydrogen) atoms. The number of nitrogens with one attached hydrogen (secondary N) is 2. The highest BCUT2D eigenvalue weighted by Crippen LogP contribution is 2.60. The summed E-state index contributed by atoms with van der Waals surface area (Å²) in [5.74, 6) is 0.340. The fourth-order valence-electron chi connectivity index (χ4n) is 5.34. The molecule has 186 valence electrons. The zero-order chi connectivity index (χ0) is 24.9. The van der Waals surface area contributed by atoms with Crippen LogP contribution in [0.2, 0.25) is 0 Å². The average Bonchev–Trinajstić information content (AvgIpc) is 3.76. The molecule has 9 heteroatoms. The van der Waals surface area contributed by atoms with E-state index in [2.05, 4.69) is 31.6 Å². The number of pyridine rings is 1. The summed E-state index contributed by atoms with van der Waals surface area (Å²) in [6.45, 7) is 0. The third-order valence-electron chi connectivity index (χ3n) is 7.78. The van der Waals surface area contributed by atoms with Gasteiger partial charge in [-0.05, 0) is 56.4 Å². The van der Waals surface area contributed by atoms with Gasteiger partial charge in [-0.1, -0.05) is 12.1 Å². The Bertz CT molecular complexity index is 1340. The number of aromatic nitrogens is 3. The topological polar surface area (TPSA) is 124 Å². The molecule has 2 heterocycles. The number of rotatable bonds is 8. The second-order valence-electron chi connectivity index (χ2n) is 10.4. The van der Waals surface area contributed by atoms with Gasteiger partial charge >= 0.3 is 0 Å². The first-order chi connectivity index (χ1) is 17.4. The van der Waals surface area contributed by atoms with Crippen LogP contribution in [0, 0.1) is 11.3 Å². The van der Waals surface area contributed by atoms with E-state index in [-0.39, 0.29) is 17.4 Å². The molecule has 1 spiro atoms. The molecule has 1 atom stereocenters. The van der Waals surface area contributed by atoms with E-state index in [1.807, 2.05) is 24.4 Å². The number of anilines is 3. The summed E-state index contributed by atoms with van der Waals surface area (Å²) in [4.78, 5) is 28.5. The van der Waals surface area contributed by atoms with E-state index in [0.717, 1.165) is 24.0 Å². The Balaban J connectivity index is 1.29. The Hall–Kier alpha value is -3.88. The quantitative estimate of drug-likeness (QED) is 0.426. The minimum absolute atomic E-state index is 0.0377. The molecule has 0 saturated heterocycles. The van der Waals surface area contributed by atoms with E-state index in [9.17, 15) is 9.59 Å². The van der Waals surface area contributed by atoms with Crippen molar-refractivity contribution < 1.29 is 14.3 Å². The van der Waals surface area contributed by atoms with Crippen molar-refractivity contribution in [2.45, 2.75) is 51.0 Å². The molecule has 3 aliphatic rings. The lowest BCUT2D eigenvalue weighted by atomic mass is 10.1. The summed E-state index contributed by atoms with van der Waals surface area (Å²) in [5.41, 5.74) is 9.37. The first-order valence-corrected chi connectivity index (χ1v) is 12.5. The number of benzene rings is 1. The third kappa shape index (κ3) is 4.29. The second kappa shape index (κ2) is 8.65. The molecular formula is C27H30N6O3. The van der Waals surface area contributed by atoms with Crippen LogP contribution in [-0.4, -0.2) is 33.7 Å². The van der Waals surface area contributed by atoms with E-state index >= 15 is 0 Å². The van der Waals surface area contributed by atoms with Gasteiger partial charge in [0.1, 0.15) is 11.6 Å². The smallest absolute Gasteiger partial charge is 0.252 e. The van der Waals surface area contributed by atoms with E-state index in [0.29, 0.717) is 34.4 Å². The number of nitrogens with zero attached hydrogens (tertiary/aromatic N) is 3. The monoisotopic (exact) mass is 486 g/mol. The van der Waals surface area contributed by atoms with Crippen LogP contribution in [-0.2, 0) is 4.79 Å². The minimum atomic E-state index is -0.619. The molecule has 3 aromatic rings. The lowest BCUT2D eigenvalue weighted by Gasteiger charge is -2.17. The van der Waals surface area contributed by atoms with Gasteiger partial charge in [-0.15, -0.1) is 0 Å². The van der Waals surface area contributed by atoms with Crippen LogP contribution in [0.25, 0.3) is 11.1 Å². The largest absolute Gasteiger partial charge is 0.494 e. The van der Waals surface area contributed by atoms with E-state index in [1.54, 1.807) is 13.2 Å². The Morgan fingerprint density at radius 1 is 1.14 bits per heavy atom. The summed E-state index contributed by atoms with van der Waals surface area (Å²) in [6, 6.07) is 7.86. The van der Waals surface area contributed by atoms with E-state index in [4.69, 9.17) is 10.5 Å². The van der Waals surface area contributed by atoms with Crippen LogP contribution < -0.4 is 21.1 Å². The highest BCUT2D eigenvalue weighted by Gasteiger charge is 2.48. The van der Waals surface area contributed by atoms with Gasteiger partial charge in [0.2, 0.25) is 5.91 Å². The molecule has 2 amide bonds.